The number of nitrogens with zero attached hydrogens (tertiary/aromatic N) is 1. The lowest BCUT2D eigenvalue weighted by Gasteiger charge is -2.30. The van der Waals surface area contributed by atoms with Crippen LogP contribution in [0.4, 0.5) is 0 Å². The fourth-order valence-corrected chi connectivity index (χ4v) is 2.21. The van der Waals surface area contributed by atoms with Crippen molar-refractivity contribution in [3.8, 4) is 6.07 Å². The average molecular weight is 180 g/mol. The molecule has 1 aliphatic heterocycles. The van der Waals surface area contributed by atoms with Crippen LogP contribution in [0.3, 0.4) is 0 Å². The summed E-state index contributed by atoms with van der Waals surface area (Å²) in [4.78, 5) is 0. The molecule has 2 atom stereocenters. The van der Waals surface area contributed by atoms with Gasteiger partial charge in [-0.2, -0.15) is 5.26 Å². The van der Waals surface area contributed by atoms with Crippen LogP contribution < -0.4 is 5.32 Å². The first-order chi connectivity index (χ1) is 6.38. The Morgan fingerprint density at radius 3 is 2.77 bits per heavy atom. The summed E-state index contributed by atoms with van der Waals surface area (Å²) in [6.45, 7) is 1.75. The maximum Gasteiger partial charge on any atom is 0.0643 e. The fraction of sp³-hybridized carbons (Fsp3) is 0.900. The predicted molar refractivity (Wildman–Crippen MR) is 49.1 cm³/mol. The van der Waals surface area contributed by atoms with Crippen molar-refractivity contribution in [3.05, 3.63) is 0 Å². The van der Waals surface area contributed by atoms with Crippen molar-refractivity contribution in [2.75, 3.05) is 13.2 Å². The zero-order chi connectivity index (χ0) is 9.10. The zero-order valence-electron chi connectivity index (χ0n) is 7.83. The third kappa shape index (κ3) is 2.20. The third-order valence-electron chi connectivity index (χ3n) is 3.03. The van der Waals surface area contributed by atoms with Gasteiger partial charge in [-0.05, 0) is 25.2 Å². The van der Waals surface area contributed by atoms with E-state index in [0.29, 0.717) is 18.0 Å². The summed E-state index contributed by atoms with van der Waals surface area (Å²) in [5, 5.41) is 12.1. The number of hydrogen-bond acceptors (Lipinski definition) is 3. The lowest BCUT2D eigenvalue weighted by Crippen LogP contribution is -2.49. The molecule has 0 radical (unpaired) electrons. The second-order valence-corrected chi connectivity index (χ2v) is 4.14. The van der Waals surface area contributed by atoms with Gasteiger partial charge in [0.1, 0.15) is 0 Å². The lowest BCUT2D eigenvalue weighted by atomic mass is 10.0. The van der Waals surface area contributed by atoms with E-state index < -0.39 is 0 Å². The molecule has 1 saturated carbocycles. The molecule has 2 rings (SSSR count). The molecule has 0 bridgehead atoms. The number of nitriles is 1. The largest absolute Gasteiger partial charge is 0.378 e. The normalized spacial score (nSPS) is 34.1. The van der Waals surface area contributed by atoms with E-state index in [1.165, 1.54) is 19.3 Å². The molecule has 3 nitrogen and oxygen atoms in total. The topological polar surface area (TPSA) is 45.0 Å². The van der Waals surface area contributed by atoms with Gasteiger partial charge >= 0.3 is 0 Å². The number of hydrogen-bond donors (Lipinski definition) is 1. The Balaban J connectivity index is 1.68. The maximum atomic E-state index is 8.56. The molecule has 2 aliphatic rings. The summed E-state index contributed by atoms with van der Waals surface area (Å²) in [5.41, 5.74) is 0. The minimum atomic E-state index is 0.589. The highest BCUT2D eigenvalue weighted by Crippen LogP contribution is 2.28. The van der Waals surface area contributed by atoms with Crippen LogP contribution in [0.15, 0.2) is 0 Å². The van der Waals surface area contributed by atoms with Gasteiger partial charge in [0.2, 0.25) is 0 Å². The standard InChI is InChI=1S/C10H16N2O/c11-4-3-8-1-2-9(5-8)12-10-6-13-7-10/h8-10,12H,1-3,5-7H2. The third-order valence-corrected chi connectivity index (χ3v) is 3.03. The number of ether oxygens (including phenoxy) is 1. The van der Waals surface area contributed by atoms with Crippen LogP contribution in [0.1, 0.15) is 25.7 Å². The molecule has 13 heavy (non-hydrogen) atoms. The van der Waals surface area contributed by atoms with E-state index >= 15 is 0 Å². The monoisotopic (exact) mass is 180 g/mol. The van der Waals surface area contributed by atoms with E-state index in [2.05, 4.69) is 11.4 Å². The first-order valence-electron chi connectivity index (χ1n) is 5.09. The molecule has 0 aromatic rings. The van der Waals surface area contributed by atoms with E-state index in [0.717, 1.165) is 19.6 Å². The van der Waals surface area contributed by atoms with Crippen molar-refractivity contribution >= 4 is 0 Å². The summed E-state index contributed by atoms with van der Waals surface area (Å²) in [7, 11) is 0. The maximum absolute atomic E-state index is 8.56. The van der Waals surface area contributed by atoms with Gasteiger partial charge in [-0.1, -0.05) is 0 Å². The van der Waals surface area contributed by atoms with Gasteiger partial charge in [0.25, 0.3) is 0 Å². The van der Waals surface area contributed by atoms with Crippen molar-refractivity contribution in [1.29, 1.82) is 5.26 Å². The zero-order valence-corrected chi connectivity index (χ0v) is 7.83. The minimum Gasteiger partial charge on any atom is -0.378 e. The first-order valence-corrected chi connectivity index (χ1v) is 5.09. The molecule has 0 aromatic heterocycles. The Labute approximate surface area is 79.1 Å². The van der Waals surface area contributed by atoms with Crippen molar-refractivity contribution < 1.29 is 4.74 Å². The van der Waals surface area contributed by atoms with Crippen LogP contribution >= 0.6 is 0 Å². The van der Waals surface area contributed by atoms with E-state index in [1.807, 2.05) is 0 Å². The second-order valence-electron chi connectivity index (χ2n) is 4.14. The molecule has 2 fully saturated rings. The van der Waals surface area contributed by atoms with Crippen LogP contribution in [0.5, 0.6) is 0 Å². The van der Waals surface area contributed by atoms with E-state index in [9.17, 15) is 0 Å². The van der Waals surface area contributed by atoms with E-state index in [-0.39, 0.29) is 0 Å². The van der Waals surface area contributed by atoms with Crippen molar-refractivity contribution in [2.45, 2.75) is 37.8 Å². The molecule has 1 N–H and O–H groups in total. The van der Waals surface area contributed by atoms with E-state index in [1.54, 1.807) is 0 Å². The highest BCUT2D eigenvalue weighted by atomic mass is 16.5. The van der Waals surface area contributed by atoms with Crippen LogP contribution in [0.2, 0.25) is 0 Å². The van der Waals surface area contributed by atoms with Gasteiger partial charge in [0, 0.05) is 12.5 Å². The van der Waals surface area contributed by atoms with Gasteiger partial charge < -0.3 is 10.1 Å². The van der Waals surface area contributed by atoms with E-state index in [4.69, 9.17) is 10.00 Å². The Kier molecular flexibility index (Phi) is 2.82. The lowest BCUT2D eigenvalue weighted by molar-refractivity contribution is -0.00981. The minimum absolute atomic E-state index is 0.589. The molecular formula is C10H16N2O. The molecule has 1 heterocycles. The van der Waals surface area contributed by atoms with Crippen LogP contribution in [-0.2, 0) is 4.74 Å². The molecule has 0 spiro atoms. The van der Waals surface area contributed by atoms with Gasteiger partial charge in [-0.25, -0.2) is 0 Å². The predicted octanol–water partition coefficient (Wildman–Crippen LogP) is 1.06. The fourth-order valence-electron chi connectivity index (χ4n) is 2.21. The Morgan fingerprint density at radius 1 is 1.31 bits per heavy atom. The highest BCUT2D eigenvalue weighted by molar-refractivity contribution is 4.88. The number of nitrogens with one attached hydrogen (secondary N) is 1. The van der Waals surface area contributed by atoms with Crippen molar-refractivity contribution in [3.63, 3.8) is 0 Å². The summed E-state index contributed by atoms with van der Waals surface area (Å²) in [6.07, 6.45) is 4.38. The van der Waals surface area contributed by atoms with Gasteiger partial charge in [0.15, 0.2) is 0 Å². The number of rotatable bonds is 3. The van der Waals surface area contributed by atoms with Crippen LogP contribution in [0, 0.1) is 17.2 Å². The second kappa shape index (κ2) is 4.08. The molecule has 2 unspecified atom stereocenters. The summed E-state index contributed by atoms with van der Waals surface area (Å²) < 4.78 is 5.10. The van der Waals surface area contributed by atoms with Crippen LogP contribution in [-0.4, -0.2) is 25.3 Å². The summed E-state index contributed by atoms with van der Waals surface area (Å²) in [6, 6.07) is 3.49. The van der Waals surface area contributed by atoms with Gasteiger partial charge in [-0.3, -0.25) is 0 Å². The summed E-state index contributed by atoms with van der Waals surface area (Å²) in [5.74, 6) is 0.642. The molecule has 3 heteroatoms. The SMILES string of the molecule is N#CCC1CCC(NC2COC2)C1. The molecule has 0 aromatic carbocycles. The quantitative estimate of drug-likeness (QED) is 0.706. The van der Waals surface area contributed by atoms with Crippen molar-refractivity contribution in [1.82, 2.24) is 5.32 Å². The molecule has 1 aliphatic carbocycles. The Morgan fingerprint density at radius 2 is 2.15 bits per heavy atom. The highest BCUT2D eigenvalue weighted by Gasteiger charge is 2.28. The average Bonchev–Trinajstić information content (AvgIpc) is 2.46. The molecule has 72 valence electrons. The van der Waals surface area contributed by atoms with Gasteiger partial charge in [-0.15, -0.1) is 0 Å². The van der Waals surface area contributed by atoms with Gasteiger partial charge in [0.05, 0.1) is 25.3 Å². The smallest absolute Gasteiger partial charge is 0.0643 e. The summed E-state index contributed by atoms with van der Waals surface area (Å²) >= 11 is 0. The Bertz CT molecular complexity index is 207. The first kappa shape index (κ1) is 8.98. The molecular weight excluding hydrogens is 164 g/mol. The Hall–Kier alpha value is -0.590. The molecule has 1 saturated heterocycles. The van der Waals surface area contributed by atoms with Crippen LogP contribution in [0.25, 0.3) is 0 Å². The van der Waals surface area contributed by atoms with Crippen molar-refractivity contribution in [2.24, 2.45) is 5.92 Å². The molecule has 0 amide bonds.